The number of benzene rings is 2. The number of carbonyl (C=O) groups excluding carboxylic acids is 1. The number of nitrogens with zero attached hydrogens (tertiary/aromatic N) is 2. The molecule has 3 N–H and O–H groups in total. The molecule has 0 spiro atoms. The lowest BCUT2D eigenvalue weighted by molar-refractivity contribution is 0.0950. The Labute approximate surface area is 149 Å². The molecule has 1 heterocycles. The molecule has 1 amide bonds. The molecule has 0 aliphatic carbocycles. The van der Waals surface area contributed by atoms with Crippen molar-refractivity contribution in [3.8, 4) is 17.0 Å². The van der Waals surface area contributed by atoms with Gasteiger partial charge in [0.15, 0.2) is 0 Å². The molecule has 2 aromatic carbocycles. The SMILES string of the molecule is CC(=NNC(=O)c1cc(-c2ccccc2Cl)n[nH]1)c1ccc(O)cc1. The number of aromatic amines is 1. The van der Waals surface area contributed by atoms with E-state index < -0.39 is 5.91 Å². The van der Waals surface area contributed by atoms with E-state index in [0.717, 1.165) is 11.1 Å². The number of amides is 1. The molecule has 0 radical (unpaired) electrons. The summed E-state index contributed by atoms with van der Waals surface area (Å²) in [5.41, 5.74) is 5.47. The van der Waals surface area contributed by atoms with Crippen molar-refractivity contribution in [1.29, 1.82) is 0 Å². The third kappa shape index (κ3) is 3.87. The smallest absolute Gasteiger partial charge is 0.289 e. The molecule has 126 valence electrons. The van der Waals surface area contributed by atoms with Crippen LogP contribution in [-0.4, -0.2) is 26.9 Å². The zero-order chi connectivity index (χ0) is 17.8. The summed E-state index contributed by atoms with van der Waals surface area (Å²) in [6.45, 7) is 1.76. The van der Waals surface area contributed by atoms with Crippen molar-refractivity contribution in [3.05, 3.63) is 70.9 Å². The molecular weight excluding hydrogens is 340 g/mol. The zero-order valence-corrected chi connectivity index (χ0v) is 14.1. The number of halogens is 1. The molecule has 3 aromatic rings. The van der Waals surface area contributed by atoms with Crippen LogP contribution >= 0.6 is 11.6 Å². The van der Waals surface area contributed by atoms with Gasteiger partial charge in [-0.3, -0.25) is 9.89 Å². The highest BCUT2D eigenvalue weighted by Gasteiger charge is 2.12. The maximum atomic E-state index is 12.2. The molecule has 7 heteroatoms. The lowest BCUT2D eigenvalue weighted by Crippen LogP contribution is -2.19. The topological polar surface area (TPSA) is 90.4 Å². The number of aromatic hydroxyl groups is 1. The predicted molar refractivity (Wildman–Crippen MR) is 96.8 cm³/mol. The highest BCUT2D eigenvalue weighted by Crippen LogP contribution is 2.26. The Bertz CT molecular complexity index is 932. The van der Waals surface area contributed by atoms with Crippen LogP contribution in [0.15, 0.2) is 59.7 Å². The summed E-state index contributed by atoms with van der Waals surface area (Å²) in [5.74, 6) is -0.242. The lowest BCUT2D eigenvalue weighted by atomic mass is 10.1. The summed E-state index contributed by atoms with van der Waals surface area (Å²) in [4.78, 5) is 12.2. The van der Waals surface area contributed by atoms with E-state index in [1.54, 1.807) is 43.3 Å². The van der Waals surface area contributed by atoms with Crippen molar-refractivity contribution in [1.82, 2.24) is 15.6 Å². The Morgan fingerprint density at radius 1 is 1.20 bits per heavy atom. The van der Waals surface area contributed by atoms with Gasteiger partial charge in [0.1, 0.15) is 11.4 Å². The second-order valence-corrected chi connectivity index (χ2v) is 5.74. The fourth-order valence-corrected chi connectivity index (χ4v) is 2.44. The van der Waals surface area contributed by atoms with Crippen LogP contribution in [0.2, 0.25) is 5.02 Å². The second-order valence-electron chi connectivity index (χ2n) is 5.33. The van der Waals surface area contributed by atoms with Crippen molar-refractivity contribution in [2.24, 2.45) is 5.10 Å². The fourth-order valence-electron chi connectivity index (χ4n) is 2.21. The van der Waals surface area contributed by atoms with Crippen LogP contribution in [-0.2, 0) is 0 Å². The van der Waals surface area contributed by atoms with E-state index in [0.29, 0.717) is 16.4 Å². The van der Waals surface area contributed by atoms with Crippen molar-refractivity contribution in [3.63, 3.8) is 0 Å². The van der Waals surface area contributed by atoms with Gasteiger partial charge in [0.2, 0.25) is 0 Å². The Kier molecular flexibility index (Phi) is 4.81. The minimum atomic E-state index is -0.413. The Morgan fingerprint density at radius 2 is 1.92 bits per heavy atom. The maximum absolute atomic E-state index is 12.2. The molecule has 0 saturated heterocycles. The predicted octanol–water partition coefficient (Wildman–Crippen LogP) is 3.59. The highest BCUT2D eigenvalue weighted by atomic mass is 35.5. The van der Waals surface area contributed by atoms with Gasteiger partial charge in [0.05, 0.1) is 16.4 Å². The van der Waals surface area contributed by atoms with E-state index in [9.17, 15) is 9.90 Å². The van der Waals surface area contributed by atoms with Gasteiger partial charge in [-0.15, -0.1) is 0 Å². The minimum Gasteiger partial charge on any atom is -0.508 e. The van der Waals surface area contributed by atoms with Crippen LogP contribution in [0.5, 0.6) is 5.75 Å². The first kappa shape index (κ1) is 16.7. The number of hydrogen-bond acceptors (Lipinski definition) is 4. The summed E-state index contributed by atoms with van der Waals surface area (Å²) in [6.07, 6.45) is 0. The molecule has 0 aliphatic rings. The molecule has 0 unspecified atom stereocenters. The number of hydrogen-bond donors (Lipinski definition) is 3. The van der Waals surface area contributed by atoms with Gasteiger partial charge in [-0.1, -0.05) is 29.8 Å². The normalized spacial score (nSPS) is 11.4. The lowest BCUT2D eigenvalue weighted by Gasteiger charge is -2.02. The summed E-state index contributed by atoms with van der Waals surface area (Å²) in [6, 6.07) is 15.4. The molecule has 0 fully saturated rings. The quantitative estimate of drug-likeness (QED) is 0.494. The van der Waals surface area contributed by atoms with Gasteiger partial charge in [0, 0.05) is 5.56 Å². The van der Waals surface area contributed by atoms with Crippen LogP contribution in [0.25, 0.3) is 11.3 Å². The number of H-pyrrole nitrogens is 1. The van der Waals surface area contributed by atoms with Gasteiger partial charge in [0.25, 0.3) is 5.91 Å². The summed E-state index contributed by atoms with van der Waals surface area (Å²) in [5, 5.41) is 20.7. The maximum Gasteiger partial charge on any atom is 0.289 e. The molecule has 0 saturated carbocycles. The Hall–Kier alpha value is -3.12. The van der Waals surface area contributed by atoms with Gasteiger partial charge in [-0.05, 0) is 48.9 Å². The van der Waals surface area contributed by atoms with Crippen molar-refractivity contribution in [2.75, 3.05) is 0 Å². The number of nitrogens with one attached hydrogen (secondary N) is 2. The number of phenols is 1. The van der Waals surface area contributed by atoms with Crippen LogP contribution in [0, 0.1) is 0 Å². The summed E-state index contributed by atoms with van der Waals surface area (Å²) in [7, 11) is 0. The number of aromatic nitrogens is 2. The monoisotopic (exact) mass is 354 g/mol. The fraction of sp³-hybridized carbons (Fsp3) is 0.0556. The first-order chi connectivity index (χ1) is 12.0. The number of phenolic OH excluding ortho intramolecular Hbond substituents is 1. The number of hydrazone groups is 1. The molecule has 25 heavy (non-hydrogen) atoms. The number of carbonyl (C=O) groups is 1. The molecule has 3 rings (SSSR count). The van der Waals surface area contributed by atoms with E-state index in [1.807, 2.05) is 18.2 Å². The van der Waals surface area contributed by atoms with Gasteiger partial charge in [-0.2, -0.15) is 10.2 Å². The molecule has 0 atom stereocenters. The van der Waals surface area contributed by atoms with Crippen molar-refractivity contribution < 1.29 is 9.90 Å². The van der Waals surface area contributed by atoms with Crippen LogP contribution in [0.1, 0.15) is 23.0 Å². The van der Waals surface area contributed by atoms with E-state index in [4.69, 9.17) is 11.6 Å². The Balaban J connectivity index is 1.73. The third-order valence-corrected chi connectivity index (χ3v) is 3.91. The van der Waals surface area contributed by atoms with Crippen LogP contribution < -0.4 is 5.43 Å². The summed E-state index contributed by atoms with van der Waals surface area (Å²) >= 11 is 6.14. The van der Waals surface area contributed by atoms with Gasteiger partial charge < -0.3 is 5.11 Å². The molecule has 6 nitrogen and oxygen atoms in total. The van der Waals surface area contributed by atoms with Crippen LogP contribution in [0.4, 0.5) is 0 Å². The second kappa shape index (κ2) is 7.19. The molecule has 0 bridgehead atoms. The van der Waals surface area contributed by atoms with Crippen molar-refractivity contribution >= 4 is 23.2 Å². The molecule has 0 aliphatic heterocycles. The average molecular weight is 355 g/mol. The summed E-state index contributed by atoms with van der Waals surface area (Å²) < 4.78 is 0. The zero-order valence-electron chi connectivity index (χ0n) is 13.3. The number of rotatable bonds is 4. The average Bonchev–Trinajstić information content (AvgIpc) is 3.10. The largest absolute Gasteiger partial charge is 0.508 e. The van der Waals surface area contributed by atoms with E-state index >= 15 is 0 Å². The Morgan fingerprint density at radius 3 is 2.64 bits per heavy atom. The van der Waals surface area contributed by atoms with Crippen molar-refractivity contribution in [2.45, 2.75) is 6.92 Å². The van der Waals surface area contributed by atoms with Gasteiger partial charge >= 0.3 is 0 Å². The first-order valence-corrected chi connectivity index (χ1v) is 7.87. The standard InChI is InChI=1S/C18H15ClN4O2/c1-11(12-6-8-13(24)9-7-12)20-23-18(25)17-10-16(21-22-17)14-4-2-3-5-15(14)19/h2-10,24H,1H3,(H,21,22)(H,23,25). The minimum absolute atomic E-state index is 0.171. The van der Waals surface area contributed by atoms with E-state index in [-0.39, 0.29) is 11.4 Å². The van der Waals surface area contributed by atoms with E-state index in [1.165, 1.54) is 0 Å². The highest BCUT2D eigenvalue weighted by molar-refractivity contribution is 6.33. The van der Waals surface area contributed by atoms with E-state index in [2.05, 4.69) is 20.7 Å². The molecule has 1 aromatic heterocycles. The first-order valence-electron chi connectivity index (χ1n) is 7.49. The third-order valence-electron chi connectivity index (χ3n) is 3.58. The molecular formula is C18H15ClN4O2. The van der Waals surface area contributed by atoms with Gasteiger partial charge in [-0.25, -0.2) is 5.43 Å². The van der Waals surface area contributed by atoms with Crippen LogP contribution in [0.3, 0.4) is 0 Å².